The zero-order valence-electron chi connectivity index (χ0n) is 8.03. The van der Waals surface area contributed by atoms with E-state index >= 15 is 0 Å². The summed E-state index contributed by atoms with van der Waals surface area (Å²) in [6, 6.07) is 0. The Kier molecular flexibility index (Phi) is 2.08. The van der Waals surface area contributed by atoms with Gasteiger partial charge in [-0.2, -0.15) is 0 Å². The molecule has 0 aromatic carbocycles. The first-order chi connectivity index (χ1) is 5.79. The van der Waals surface area contributed by atoms with Crippen LogP contribution in [-0.2, 0) is 0 Å². The van der Waals surface area contributed by atoms with E-state index in [0.717, 1.165) is 23.7 Å². The molecule has 0 fully saturated rings. The first-order valence-corrected chi connectivity index (χ1v) is 5.12. The molecule has 0 saturated carbocycles. The van der Waals surface area contributed by atoms with Crippen LogP contribution in [0.25, 0.3) is 0 Å². The van der Waals surface area contributed by atoms with E-state index in [1.54, 1.807) is 0 Å². The highest BCUT2D eigenvalue weighted by Gasteiger charge is 2.31. The minimum Gasteiger partial charge on any atom is -0.0882 e. The smallest absolute Gasteiger partial charge is 0.0228 e. The van der Waals surface area contributed by atoms with E-state index in [-0.39, 0.29) is 0 Å². The fourth-order valence-corrected chi connectivity index (χ4v) is 2.70. The highest BCUT2D eigenvalue weighted by atomic mass is 14.4. The van der Waals surface area contributed by atoms with Gasteiger partial charge in [-0.1, -0.05) is 38.2 Å². The van der Waals surface area contributed by atoms with E-state index in [4.69, 9.17) is 0 Å². The first-order valence-electron chi connectivity index (χ1n) is 5.12. The molecule has 4 unspecified atom stereocenters. The van der Waals surface area contributed by atoms with Crippen LogP contribution in [0.1, 0.15) is 26.7 Å². The third kappa shape index (κ3) is 1.24. The lowest BCUT2D eigenvalue weighted by Crippen LogP contribution is -2.30. The van der Waals surface area contributed by atoms with Crippen LogP contribution in [0.4, 0.5) is 0 Å². The number of rotatable bonds is 0. The van der Waals surface area contributed by atoms with Gasteiger partial charge >= 0.3 is 0 Å². The molecule has 0 heterocycles. The molecule has 0 aliphatic heterocycles. The summed E-state index contributed by atoms with van der Waals surface area (Å²) in [5, 5.41) is 0. The minimum absolute atomic E-state index is 0.802. The Morgan fingerprint density at radius 1 is 0.833 bits per heavy atom. The molecule has 0 bridgehead atoms. The van der Waals surface area contributed by atoms with Gasteiger partial charge in [0.05, 0.1) is 0 Å². The predicted octanol–water partition coefficient (Wildman–Crippen LogP) is 3.41. The van der Waals surface area contributed by atoms with Crippen molar-refractivity contribution >= 4 is 0 Å². The van der Waals surface area contributed by atoms with Crippen molar-refractivity contribution in [2.24, 2.45) is 23.7 Å². The summed E-state index contributed by atoms with van der Waals surface area (Å²) >= 11 is 0. The van der Waals surface area contributed by atoms with Gasteiger partial charge in [-0.05, 0) is 36.5 Å². The van der Waals surface area contributed by atoms with Gasteiger partial charge in [0.1, 0.15) is 0 Å². The lowest BCUT2D eigenvalue weighted by Gasteiger charge is -2.38. The summed E-state index contributed by atoms with van der Waals surface area (Å²) in [7, 11) is 0. The SMILES string of the molecule is CC1C=CC(C)C2CC=CCC12. The largest absolute Gasteiger partial charge is 0.0882 e. The van der Waals surface area contributed by atoms with Crippen LogP contribution in [0, 0.1) is 23.7 Å². The molecule has 0 saturated heterocycles. The molecule has 0 N–H and O–H groups in total. The maximum Gasteiger partial charge on any atom is -0.0228 e. The monoisotopic (exact) mass is 162 g/mol. The average Bonchev–Trinajstić information content (AvgIpc) is 2.12. The second kappa shape index (κ2) is 3.08. The Hall–Kier alpha value is -0.520. The zero-order valence-corrected chi connectivity index (χ0v) is 8.03. The molecule has 4 atom stereocenters. The van der Waals surface area contributed by atoms with Crippen molar-refractivity contribution in [3.63, 3.8) is 0 Å². The van der Waals surface area contributed by atoms with Gasteiger partial charge in [-0.25, -0.2) is 0 Å². The Morgan fingerprint density at radius 2 is 1.25 bits per heavy atom. The van der Waals surface area contributed by atoms with Crippen molar-refractivity contribution in [2.75, 3.05) is 0 Å². The maximum atomic E-state index is 2.41. The Morgan fingerprint density at radius 3 is 1.67 bits per heavy atom. The standard InChI is InChI=1S/C12H18/c1-9-7-8-10(2)12-6-4-3-5-11(9)12/h3-4,7-12H,5-6H2,1-2H3. The van der Waals surface area contributed by atoms with Crippen molar-refractivity contribution in [3.05, 3.63) is 24.3 Å². The van der Waals surface area contributed by atoms with Crippen LogP contribution < -0.4 is 0 Å². The highest BCUT2D eigenvalue weighted by Crippen LogP contribution is 2.40. The van der Waals surface area contributed by atoms with Crippen molar-refractivity contribution in [1.82, 2.24) is 0 Å². The molecule has 2 rings (SSSR count). The van der Waals surface area contributed by atoms with Gasteiger partial charge in [0.15, 0.2) is 0 Å². The Balaban J connectivity index is 2.21. The second-order valence-electron chi connectivity index (χ2n) is 4.37. The lowest BCUT2D eigenvalue weighted by molar-refractivity contribution is 0.204. The molecule has 0 spiro atoms. The summed E-state index contributed by atoms with van der Waals surface area (Å²) in [6.45, 7) is 4.72. The summed E-state index contributed by atoms with van der Waals surface area (Å²) in [6.07, 6.45) is 12.2. The van der Waals surface area contributed by atoms with Crippen LogP contribution in [-0.4, -0.2) is 0 Å². The molecule has 0 nitrogen and oxygen atoms in total. The molecule has 0 amide bonds. The van der Waals surface area contributed by atoms with Gasteiger partial charge in [-0.3, -0.25) is 0 Å². The molecule has 0 aromatic rings. The summed E-state index contributed by atoms with van der Waals surface area (Å²) < 4.78 is 0. The fourth-order valence-electron chi connectivity index (χ4n) is 2.70. The molecule has 2 aliphatic rings. The molecule has 0 aromatic heterocycles. The van der Waals surface area contributed by atoms with Gasteiger partial charge < -0.3 is 0 Å². The van der Waals surface area contributed by atoms with E-state index in [9.17, 15) is 0 Å². The quantitative estimate of drug-likeness (QED) is 0.479. The van der Waals surface area contributed by atoms with Crippen molar-refractivity contribution in [1.29, 1.82) is 0 Å². The predicted molar refractivity (Wildman–Crippen MR) is 52.8 cm³/mol. The molecule has 12 heavy (non-hydrogen) atoms. The molecule has 66 valence electrons. The van der Waals surface area contributed by atoms with Gasteiger partial charge in [0.2, 0.25) is 0 Å². The molecular formula is C12H18. The van der Waals surface area contributed by atoms with Crippen molar-refractivity contribution in [2.45, 2.75) is 26.7 Å². The van der Waals surface area contributed by atoms with Crippen LogP contribution in [0.15, 0.2) is 24.3 Å². The van der Waals surface area contributed by atoms with Gasteiger partial charge in [-0.15, -0.1) is 0 Å². The van der Waals surface area contributed by atoms with Crippen LogP contribution in [0.5, 0.6) is 0 Å². The zero-order chi connectivity index (χ0) is 8.55. The van der Waals surface area contributed by atoms with Crippen LogP contribution in [0.2, 0.25) is 0 Å². The minimum atomic E-state index is 0.802. The second-order valence-corrected chi connectivity index (χ2v) is 4.37. The van der Waals surface area contributed by atoms with Crippen LogP contribution in [0.3, 0.4) is 0 Å². The maximum absolute atomic E-state index is 2.41. The molecular weight excluding hydrogens is 144 g/mol. The molecule has 0 heteroatoms. The van der Waals surface area contributed by atoms with E-state index in [1.165, 1.54) is 12.8 Å². The third-order valence-corrected chi connectivity index (χ3v) is 3.60. The average molecular weight is 162 g/mol. The Bertz CT molecular complexity index is 190. The fraction of sp³-hybridized carbons (Fsp3) is 0.667. The first kappa shape index (κ1) is 8.10. The normalized spacial score (nSPS) is 45.8. The third-order valence-electron chi connectivity index (χ3n) is 3.60. The topological polar surface area (TPSA) is 0 Å². The highest BCUT2D eigenvalue weighted by molar-refractivity contribution is 5.08. The van der Waals surface area contributed by atoms with E-state index < -0.39 is 0 Å². The Labute approximate surface area is 75.4 Å². The molecule has 2 aliphatic carbocycles. The van der Waals surface area contributed by atoms with Gasteiger partial charge in [0, 0.05) is 0 Å². The van der Waals surface area contributed by atoms with E-state index in [0.29, 0.717) is 0 Å². The summed E-state index contributed by atoms with van der Waals surface area (Å²) in [4.78, 5) is 0. The van der Waals surface area contributed by atoms with Crippen molar-refractivity contribution < 1.29 is 0 Å². The number of allylic oxidation sites excluding steroid dienone is 4. The van der Waals surface area contributed by atoms with Crippen molar-refractivity contribution in [3.8, 4) is 0 Å². The van der Waals surface area contributed by atoms with Crippen LogP contribution >= 0.6 is 0 Å². The number of hydrogen-bond acceptors (Lipinski definition) is 0. The van der Waals surface area contributed by atoms with E-state index in [2.05, 4.69) is 38.2 Å². The molecule has 0 radical (unpaired) electrons. The lowest BCUT2D eigenvalue weighted by atomic mass is 9.67. The summed E-state index contributed by atoms with van der Waals surface area (Å²) in [5.74, 6) is 3.46. The summed E-state index contributed by atoms with van der Waals surface area (Å²) in [5.41, 5.74) is 0. The van der Waals surface area contributed by atoms with E-state index in [1.807, 2.05) is 0 Å². The number of hydrogen-bond donors (Lipinski definition) is 0. The number of fused-ring (bicyclic) bond motifs is 1. The van der Waals surface area contributed by atoms with Gasteiger partial charge in [0.25, 0.3) is 0 Å².